The van der Waals surface area contributed by atoms with Gasteiger partial charge in [0.2, 0.25) is 0 Å². The van der Waals surface area contributed by atoms with Gasteiger partial charge in [-0.1, -0.05) is 83.2 Å². The topological polar surface area (TPSA) is 38.7 Å². The fraction of sp³-hybridized carbons (Fsp3) is 0.273. The van der Waals surface area contributed by atoms with Crippen LogP contribution in [0.4, 0.5) is 0 Å². The second-order valence-electron chi connectivity index (χ2n) is 6.98. The SMILES string of the molecule is C=C(Br)C[C@H](N=C(c1ccccc1)c1ccccc1)C(=O)OC(C)(C)C. The maximum atomic E-state index is 12.7. The van der Waals surface area contributed by atoms with Crippen LogP contribution in [-0.2, 0) is 9.53 Å². The Morgan fingerprint density at radius 1 is 1.04 bits per heavy atom. The van der Waals surface area contributed by atoms with E-state index in [-0.39, 0.29) is 5.97 Å². The summed E-state index contributed by atoms with van der Waals surface area (Å²) in [5, 5.41) is 0. The number of ether oxygens (including phenoxy) is 1. The van der Waals surface area contributed by atoms with Gasteiger partial charge >= 0.3 is 5.97 Å². The number of esters is 1. The summed E-state index contributed by atoms with van der Waals surface area (Å²) in [4.78, 5) is 17.5. The van der Waals surface area contributed by atoms with Crippen LogP contribution in [0.1, 0.15) is 38.3 Å². The number of rotatable bonds is 6. The molecule has 0 spiro atoms. The highest BCUT2D eigenvalue weighted by atomic mass is 79.9. The molecule has 0 fully saturated rings. The lowest BCUT2D eigenvalue weighted by atomic mass is 10.0. The van der Waals surface area contributed by atoms with E-state index in [0.717, 1.165) is 16.8 Å². The number of benzene rings is 2. The van der Waals surface area contributed by atoms with Gasteiger partial charge < -0.3 is 4.74 Å². The van der Waals surface area contributed by atoms with E-state index >= 15 is 0 Å². The second-order valence-corrected chi connectivity index (χ2v) is 8.10. The van der Waals surface area contributed by atoms with Crippen LogP contribution in [0.25, 0.3) is 0 Å². The fourth-order valence-corrected chi connectivity index (χ4v) is 2.73. The molecule has 0 bridgehead atoms. The predicted octanol–water partition coefficient (Wildman–Crippen LogP) is 5.53. The van der Waals surface area contributed by atoms with Crippen LogP contribution in [0.3, 0.4) is 0 Å². The van der Waals surface area contributed by atoms with E-state index in [4.69, 9.17) is 9.73 Å². The van der Waals surface area contributed by atoms with E-state index < -0.39 is 11.6 Å². The van der Waals surface area contributed by atoms with Crippen molar-refractivity contribution in [2.45, 2.75) is 38.8 Å². The normalized spacial score (nSPS) is 12.2. The summed E-state index contributed by atoms with van der Waals surface area (Å²) < 4.78 is 6.27. The Balaban J connectivity index is 2.49. The Kier molecular flexibility index (Phi) is 6.92. The molecule has 0 unspecified atom stereocenters. The molecule has 0 N–H and O–H groups in total. The third-order valence-electron chi connectivity index (χ3n) is 3.47. The number of hydrogen-bond donors (Lipinski definition) is 0. The van der Waals surface area contributed by atoms with Gasteiger partial charge in [-0.2, -0.15) is 0 Å². The maximum Gasteiger partial charge on any atom is 0.331 e. The predicted molar refractivity (Wildman–Crippen MR) is 111 cm³/mol. The van der Waals surface area contributed by atoms with Crippen molar-refractivity contribution in [1.29, 1.82) is 0 Å². The van der Waals surface area contributed by atoms with Crippen LogP contribution >= 0.6 is 15.9 Å². The van der Waals surface area contributed by atoms with Crippen LogP contribution in [0.15, 0.2) is 76.7 Å². The molecule has 0 saturated heterocycles. The summed E-state index contributed by atoms with van der Waals surface area (Å²) in [6, 6.07) is 19.0. The molecule has 4 heteroatoms. The van der Waals surface area contributed by atoms with Gasteiger partial charge in [0.05, 0.1) is 5.71 Å². The lowest BCUT2D eigenvalue weighted by Gasteiger charge is -2.23. The highest BCUT2D eigenvalue weighted by Crippen LogP contribution is 2.20. The molecule has 0 aliphatic rings. The van der Waals surface area contributed by atoms with Crippen molar-refractivity contribution >= 4 is 27.6 Å². The Bertz CT molecular complexity index is 735. The molecule has 3 nitrogen and oxygen atoms in total. The largest absolute Gasteiger partial charge is 0.458 e. The molecule has 0 amide bonds. The third-order valence-corrected chi connectivity index (χ3v) is 3.80. The standard InChI is InChI=1S/C22H24BrNO2/c1-16(23)15-19(21(25)26-22(2,3)4)24-20(17-11-7-5-8-12-17)18-13-9-6-10-14-18/h5-14,19H,1,15H2,2-4H3/t19-/m0/s1. The highest BCUT2D eigenvalue weighted by molar-refractivity contribution is 9.11. The van der Waals surface area contributed by atoms with Crippen molar-refractivity contribution < 1.29 is 9.53 Å². The molecule has 0 saturated carbocycles. The van der Waals surface area contributed by atoms with Crippen molar-refractivity contribution in [3.05, 3.63) is 82.9 Å². The molecule has 26 heavy (non-hydrogen) atoms. The summed E-state index contributed by atoms with van der Waals surface area (Å²) in [5.41, 5.74) is 2.09. The molecule has 0 aliphatic heterocycles. The smallest absolute Gasteiger partial charge is 0.331 e. The monoisotopic (exact) mass is 413 g/mol. The Hall–Kier alpha value is -2.20. The number of aliphatic imine (C=N–C) groups is 1. The first-order valence-corrected chi connectivity index (χ1v) is 9.30. The molecule has 0 radical (unpaired) electrons. The van der Waals surface area contributed by atoms with Gasteiger partial charge in [0, 0.05) is 17.5 Å². The van der Waals surface area contributed by atoms with Crippen LogP contribution in [0.5, 0.6) is 0 Å². The lowest BCUT2D eigenvalue weighted by molar-refractivity contribution is -0.156. The van der Waals surface area contributed by atoms with Gasteiger partial charge in [-0.25, -0.2) is 4.79 Å². The van der Waals surface area contributed by atoms with Crippen LogP contribution < -0.4 is 0 Å². The van der Waals surface area contributed by atoms with Gasteiger partial charge in [0.25, 0.3) is 0 Å². The maximum absolute atomic E-state index is 12.7. The minimum absolute atomic E-state index is 0.359. The first-order chi connectivity index (χ1) is 12.3. The molecular formula is C22H24BrNO2. The zero-order chi connectivity index (χ0) is 19.2. The summed E-state index contributed by atoms with van der Waals surface area (Å²) >= 11 is 3.35. The summed E-state index contributed by atoms with van der Waals surface area (Å²) in [6.45, 7) is 9.42. The summed E-state index contributed by atoms with van der Waals surface area (Å²) in [6.07, 6.45) is 0.373. The van der Waals surface area contributed by atoms with E-state index in [0.29, 0.717) is 10.9 Å². The second kappa shape index (κ2) is 8.95. The Morgan fingerprint density at radius 2 is 1.50 bits per heavy atom. The highest BCUT2D eigenvalue weighted by Gasteiger charge is 2.26. The zero-order valence-electron chi connectivity index (χ0n) is 15.4. The van der Waals surface area contributed by atoms with E-state index in [2.05, 4.69) is 22.5 Å². The van der Waals surface area contributed by atoms with E-state index in [1.807, 2.05) is 81.4 Å². The van der Waals surface area contributed by atoms with E-state index in [9.17, 15) is 4.79 Å². The fourth-order valence-electron chi connectivity index (χ4n) is 2.42. The van der Waals surface area contributed by atoms with Crippen molar-refractivity contribution in [2.75, 3.05) is 0 Å². The molecular weight excluding hydrogens is 390 g/mol. The molecule has 0 aromatic heterocycles. The average molecular weight is 414 g/mol. The minimum Gasteiger partial charge on any atom is -0.458 e. The molecule has 2 aromatic rings. The van der Waals surface area contributed by atoms with Gasteiger partial charge in [-0.15, -0.1) is 0 Å². The zero-order valence-corrected chi connectivity index (χ0v) is 17.0. The van der Waals surface area contributed by atoms with Gasteiger partial charge in [-0.3, -0.25) is 4.99 Å². The van der Waals surface area contributed by atoms with Gasteiger partial charge in [0.15, 0.2) is 6.04 Å². The molecule has 2 rings (SSSR count). The molecule has 0 heterocycles. The van der Waals surface area contributed by atoms with E-state index in [1.165, 1.54) is 0 Å². The van der Waals surface area contributed by atoms with Crippen LogP contribution in [0, 0.1) is 0 Å². The Morgan fingerprint density at radius 3 is 1.88 bits per heavy atom. The molecule has 0 aliphatic carbocycles. The number of carbonyl (C=O) groups is 1. The lowest BCUT2D eigenvalue weighted by Crippen LogP contribution is -2.31. The number of carbonyl (C=O) groups excluding carboxylic acids is 1. The minimum atomic E-state index is -0.670. The molecule has 136 valence electrons. The average Bonchev–Trinajstić information content (AvgIpc) is 2.58. The third kappa shape index (κ3) is 6.26. The van der Waals surface area contributed by atoms with E-state index in [1.54, 1.807) is 0 Å². The molecule has 2 aromatic carbocycles. The molecule has 1 atom stereocenters. The van der Waals surface area contributed by atoms with Gasteiger partial charge in [0.1, 0.15) is 5.60 Å². The van der Waals surface area contributed by atoms with Crippen molar-refractivity contribution in [3.8, 4) is 0 Å². The number of hydrogen-bond acceptors (Lipinski definition) is 3. The van der Waals surface area contributed by atoms with Crippen LogP contribution in [0.2, 0.25) is 0 Å². The summed E-state index contributed by atoms with van der Waals surface area (Å²) in [7, 11) is 0. The quantitative estimate of drug-likeness (QED) is 0.460. The van der Waals surface area contributed by atoms with Crippen molar-refractivity contribution in [3.63, 3.8) is 0 Å². The van der Waals surface area contributed by atoms with Crippen molar-refractivity contribution in [1.82, 2.24) is 0 Å². The van der Waals surface area contributed by atoms with Crippen molar-refractivity contribution in [2.24, 2.45) is 4.99 Å². The number of nitrogens with zero attached hydrogens (tertiary/aromatic N) is 1. The van der Waals surface area contributed by atoms with Gasteiger partial charge in [-0.05, 0) is 25.3 Å². The first-order valence-electron chi connectivity index (χ1n) is 8.51. The summed E-state index contributed by atoms with van der Waals surface area (Å²) in [5.74, 6) is -0.359. The first kappa shape index (κ1) is 20.1. The number of halogens is 1. The van der Waals surface area contributed by atoms with Crippen LogP contribution in [-0.4, -0.2) is 23.3 Å². The Labute approximate surface area is 163 Å².